The Bertz CT molecular complexity index is 645. The zero-order valence-corrected chi connectivity index (χ0v) is 12.0. The monoisotopic (exact) mass is 290 g/mol. The van der Waals surface area contributed by atoms with Gasteiger partial charge in [-0.25, -0.2) is 9.18 Å². The van der Waals surface area contributed by atoms with Crippen molar-refractivity contribution in [1.82, 2.24) is 0 Å². The van der Waals surface area contributed by atoms with E-state index in [4.69, 9.17) is 9.47 Å². The van der Waals surface area contributed by atoms with Crippen molar-refractivity contribution in [2.75, 3.05) is 21.3 Å². The summed E-state index contributed by atoms with van der Waals surface area (Å²) in [4.78, 5) is 11.6. The van der Waals surface area contributed by atoms with Gasteiger partial charge in [0.1, 0.15) is 17.3 Å². The number of halogens is 1. The molecule has 5 heteroatoms. The van der Waals surface area contributed by atoms with Gasteiger partial charge in [0.2, 0.25) is 0 Å². The summed E-state index contributed by atoms with van der Waals surface area (Å²) in [5.74, 6) is -0.1000. The van der Waals surface area contributed by atoms with Gasteiger partial charge in [-0.3, -0.25) is 0 Å². The van der Waals surface area contributed by atoms with Crippen LogP contribution in [0.2, 0.25) is 0 Å². The van der Waals surface area contributed by atoms with Gasteiger partial charge in [0.05, 0.1) is 32.5 Å². The average molecular weight is 290 g/mol. The number of ether oxygens (including phenoxy) is 3. The van der Waals surface area contributed by atoms with E-state index < -0.39 is 11.8 Å². The van der Waals surface area contributed by atoms with Crippen molar-refractivity contribution < 1.29 is 23.4 Å². The average Bonchev–Trinajstić information content (AvgIpc) is 2.52. The zero-order chi connectivity index (χ0) is 15.4. The Morgan fingerprint density at radius 1 is 1.00 bits per heavy atom. The Morgan fingerprint density at radius 2 is 1.62 bits per heavy atom. The van der Waals surface area contributed by atoms with Crippen molar-refractivity contribution in [3.8, 4) is 22.6 Å². The summed E-state index contributed by atoms with van der Waals surface area (Å²) in [5.41, 5.74) is 1.18. The van der Waals surface area contributed by atoms with E-state index >= 15 is 0 Å². The van der Waals surface area contributed by atoms with Crippen molar-refractivity contribution in [1.29, 1.82) is 0 Å². The standard InChI is InChI=1S/C16H15FO4/c1-19-13-5-4-6-14(20-2)15(13)10-7-11(16(18)21-3)9-12(17)8-10/h4-9H,1-3H3. The maximum Gasteiger partial charge on any atom is 0.337 e. The van der Waals surface area contributed by atoms with Gasteiger partial charge in [-0.05, 0) is 35.9 Å². The fourth-order valence-electron chi connectivity index (χ4n) is 2.11. The van der Waals surface area contributed by atoms with Crippen LogP contribution in [0.3, 0.4) is 0 Å². The van der Waals surface area contributed by atoms with Crippen molar-refractivity contribution in [3.05, 3.63) is 47.8 Å². The van der Waals surface area contributed by atoms with Crippen LogP contribution >= 0.6 is 0 Å². The molecule has 0 radical (unpaired) electrons. The molecule has 0 aliphatic rings. The van der Waals surface area contributed by atoms with Gasteiger partial charge in [-0.1, -0.05) is 6.07 Å². The van der Waals surface area contributed by atoms with E-state index in [1.807, 2.05) is 0 Å². The number of carbonyl (C=O) groups is 1. The van der Waals surface area contributed by atoms with Crippen molar-refractivity contribution in [2.24, 2.45) is 0 Å². The zero-order valence-electron chi connectivity index (χ0n) is 12.0. The largest absolute Gasteiger partial charge is 0.496 e. The molecule has 0 spiro atoms. The Hall–Kier alpha value is -2.56. The minimum atomic E-state index is -0.607. The highest BCUT2D eigenvalue weighted by molar-refractivity contribution is 5.92. The second-order valence-electron chi connectivity index (χ2n) is 4.26. The Kier molecular flexibility index (Phi) is 4.42. The number of esters is 1. The maximum absolute atomic E-state index is 13.8. The molecule has 0 atom stereocenters. The molecule has 0 unspecified atom stereocenters. The third-order valence-electron chi connectivity index (χ3n) is 3.04. The number of carbonyl (C=O) groups excluding carboxylic acids is 1. The summed E-state index contributed by atoms with van der Waals surface area (Å²) in [5, 5.41) is 0. The predicted molar refractivity (Wildman–Crippen MR) is 76.3 cm³/mol. The highest BCUT2D eigenvalue weighted by Crippen LogP contribution is 2.38. The topological polar surface area (TPSA) is 44.8 Å². The van der Waals surface area contributed by atoms with E-state index in [-0.39, 0.29) is 5.56 Å². The second-order valence-corrected chi connectivity index (χ2v) is 4.26. The van der Waals surface area contributed by atoms with E-state index in [0.717, 1.165) is 6.07 Å². The molecule has 0 amide bonds. The summed E-state index contributed by atoms with van der Waals surface area (Å²) in [6.07, 6.45) is 0. The van der Waals surface area contributed by atoms with Gasteiger partial charge in [0, 0.05) is 0 Å². The van der Waals surface area contributed by atoms with Gasteiger partial charge in [0.15, 0.2) is 0 Å². The highest BCUT2D eigenvalue weighted by Gasteiger charge is 2.16. The lowest BCUT2D eigenvalue weighted by Crippen LogP contribution is -2.02. The normalized spacial score (nSPS) is 10.1. The molecule has 0 fully saturated rings. The molecule has 0 N–H and O–H groups in total. The molecule has 0 aliphatic heterocycles. The first kappa shape index (κ1) is 14.8. The summed E-state index contributed by atoms with van der Waals surface area (Å²) in [6.45, 7) is 0. The quantitative estimate of drug-likeness (QED) is 0.810. The summed E-state index contributed by atoms with van der Waals surface area (Å²) < 4.78 is 29.0. The smallest absolute Gasteiger partial charge is 0.337 e. The predicted octanol–water partition coefficient (Wildman–Crippen LogP) is 3.30. The Balaban J connectivity index is 2.66. The molecule has 2 aromatic rings. The second kappa shape index (κ2) is 6.26. The minimum absolute atomic E-state index is 0.125. The molecule has 4 nitrogen and oxygen atoms in total. The van der Waals surface area contributed by atoms with E-state index in [0.29, 0.717) is 22.6 Å². The van der Waals surface area contributed by atoms with Crippen LogP contribution in [0.5, 0.6) is 11.5 Å². The van der Waals surface area contributed by atoms with Gasteiger partial charge < -0.3 is 14.2 Å². The number of rotatable bonds is 4. The van der Waals surface area contributed by atoms with E-state index in [1.54, 1.807) is 18.2 Å². The van der Waals surface area contributed by atoms with Crippen LogP contribution in [0.25, 0.3) is 11.1 Å². The summed E-state index contributed by atoms with van der Waals surface area (Å²) in [7, 11) is 4.27. The minimum Gasteiger partial charge on any atom is -0.496 e. The molecule has 0 aromatic heterocycles. The number of methoxy groups -OCH3 is 3. The van der Waals surface area contributed by atoms with Crippen LogP contribution in [0.15, 0.2) is 36.4 Å². The molecule has 0 saturated carbocycles. The molecule has 0 bridgehead atoms. The summed E-state index contributed by atoms with van der Waals surface area (Å²) >= 11 is 0. The van der Waals surface area contributed by atoms with Gasteiger partial charge in [-0.2, -0.15) is 0 Å². The molecular weight excluding hydrogens is 275 g/mol. The first-order valence-electron chi connectivity index (χ1n) is 6.21. The molecule has 2 rings (SSSR count). The lowest BCUT2D eigenvalue weighted by atomic mass is 10.0. The van der Waals surface area contributed by atoms with E-state index in [9.17, 15) is 9.18 Å². The van der Waals surface area contributed by atoms with Gasteiger partial charge in [-0.15, -0.1) is 0 Å². The number of benzene rings is 2. The molecule has 21 heavy (non-hydrogen) atoms. The maximum atomic E-state index is 13.8. The van der Waals surface area contributed by atoms with Gasteiger partial charge in [0.25, 0.3) is 0 Å². The number of hydrogen-bond acceptors (Lipinski definition) is 4. The third-order valence-corrected chi connectivity index (χ3v) is 3.04. The third kappa shape index (κ3) is 2.97. The van der Waals surface area contributed by atoms with Crippen LogP contribution in [-0.4, -0.2) is 27.3 Å². The van der Waals surface area contributed by atoms with Crippen LogP contribution < -0.4 is 9.47 Å². The molecule has 2 aromatic carbocycles. The van der Waals surface area contributed by atoms with Gasteiger partial charge >= 0.3 is 5.97 Å². The molecule has 0 saturated heterocycles. The van der Waals surface area contributed by atoms with E-state index in [1.165, 1.54) is 33.5 Å². The SMILES string of the molecule is COC(=O)c1cc(F)cc(-c2c(OC)cccc2OC)c1. The number of hydrogen-bond donors (Lipinski definition) is 0. The molecular formula is C16H15FO4. The van der Waals surface area contributed by atoms with Crippen molar-refractivity contribution >= 4 is 5.97 Å². The highest BCUT2D eigenvalue weighted by atomic mass is 19.1. The Morgan fingerprint density at radius 3 is 2.14 bits per heavy atom. The first-order chi connectivity index (χ1) is 10.1. The molecule has 0 heterocycles. The first-order valence-corrected chi connectivity index (χ1v) is 6.21. The fourth-order valence-corrected chi connectivity index (χ4v) is 2.11. The van der Waals surface area contributed by atoms with E-state index in [2.05, 4.69) is 4.74 Å². The molecule has 0 aliphatic carbocycles. The summed E-state index contributed by atoms with van der Waals surface area (Å²) in [6, 6.07) is 9.21. The lowest BCUT2D eigenvalue weighted by molar-refractivity contribution is 0.0600. The Labute approximate surface area is 122 Å². The van der Waals surface area contributed by atoms with Crippen LogP contribution in [0.1, 0.15) is 10.4 Å². The van der Waals surface area contributed by atoms with Crippen LogP contribution in [-0.2, 0) is 4.74 Å². The van der Waals surface area contributed by atoms with Crippen LogP contribution in [0.4, 0.5) is 4.39 Å². The van der Waals surface area contributed by atoms with Crippen LogP contribution in [0, 0.1) is 5.82 Å². The lowest BCUT2D eigenvalue weighted by Gasteiger charge is -2.14. The van der Waals surface area contributed by atoms with Crippen molar-refractivity contribution in [3.63, 3.8) is 0 Å². The molecule has 110 valence electrons. The fraction of sp³-hybridized carbons (Fsp3) is 0.188. The van der Waals surface area contributed by atoms with Crippen molar-refractivity contribution in [2.45, 2.75) is 0 Å².